The van der Waals surface area contributed by atoms with Crippen molar-refractivity contribution in [3.8, 4) is 0 Å². The first kappa shape index (κ1) is 53.6. The molecule has 0 aliphatic heterocycles. The number of allylic oxidation sites excluding steroid dienone is 14. The molecule has 0 aromatic heterocycles. The van der Waals surface area contributed by atoms with Crippen LogP contribution in [0.2, 0.25) is 0 Å². The monoisotopic (exact) mass is 821 g/mol. The molecule has 0 aromatic carbocycles. The van der Waals surface area contributed by atoms with Gasteiger partial charge >= 0.3 is 25.7 Å². The summed E-state index contributed by atoms with van der Waals surface area (Å²) in [6.45, 7) is 2.19. The first-order valence-electron chi connectivity index (χ1n) is 20.6. The van der Waals surface area contributed by atoms with Crippen molar-refractivity contribution in [2.75, 3.05) is 19.8 Å². The number of unbranched alkanes of at least 4 members (excludes halogenated alkanes) is 7. The van der Waals surface area contributed by atoms with Crippen LogP contribution in [0.1, 0.15) is 136 Å². The predicted octanol–water partition coefficient (Wildman–Crippen LogP) is 9.69. The van der Waals surface area contributed by atoms with Crippen molar-refractivity contribution < 1.29 is 52.6 Å². The molecule has 0 saturated heterocycles. The van der Waals surface area contributed by atoms with Crippen molar-refractivity contribution in [3.63, 3.8) is 0 Å². The van der Waals surface area contributed by atoms with Crippen LogP contribution in [0.5, 0.6) is 0 Å². The Morgan fingerprint density at radius 2 is 1.05 bits per heavy atom. The number of phosphoric acid groups is 1. The zero-order chi connectivity index (χ0) is 42.2. The molecule has 0 rings (SSSR count). The second-order valence-corrected chi connectivity index (χ2v) is 15.1. The second kappa shape index (κ2) is 38.2. The fourth-order valence-electron chi connectivity index (χ4n) is 4.84. The molecule has 0 spiro atoms. The third-order valence-corrected chi connectivity index (χ3v) is 9.08. The van der Waals surface area contributed by atoms with E-state index in [1.165, 1.54) is 19.3 Å². The van der Waals surface area contributed by atoms with Crippen LogP contribution in [-0.2, 0) is 37.5 Å². The summed E-state index contributed by atoms with van der Waals surface area (Å²) in [4.78, 5) is 45.8. The molecular weight excluding hydrogens is 749 g/mol. The minimum absolute atomic E-state index is 0.0894. The van der Waals surface area contributed by atoms with Crippen molar-refractivity contribution in [3.05, 3.63) is 85.1 Å². The van der Waals surface area contributed by atoms with Crippen LogP contribution in [0.25, 0.3) is 0 Å². The van der Waals surface area contributed by atoms with E-state index in [2.05, 4.69) is 84.4 Å². The number of nitrogens with two attached hydrogens (primary N) is 1. The number of ether oxygens (including phenoxy) is 2. The highest BCUT2D eigenvalue weighted by molar-refractivity contribution is 7.47. The standard InChI is InChI=1S/C44H72NO11P/c1-3-4-5-6-7-8-9-10-12-17-20-23-26-29-32-35-43(48)56-40(37-54-57(51,52)55-38-41(45)44(49)50)36-53-42(47)34-31-28-25-22-19-16-14-11-13-15-18-21-24-27-30-33-39(2)46/h7-8,10,12-16,20-25,39-41,46H,3-6,9,11,17-19,26-38,45H2,1-2H3,(H,49,50)(H,51,52)/b8-7-,12-10-,15-13-,16-14-,23-20-,24-21-,25-22-/t39-,40-,41+/m1/s1. The van der Waals surface area contributed by atoms with Gasteiger partial charge in [0.05, 0.1) is 19.3 Å². The average Bonchev–Trinajstić information content (AvgIpc) is 3.17. The number of phosphoric ester groups is 1. The Hall–Kier alpha value is -3.38. The number of esters is 2. The predicted molar refractivity (Wildman–Crippen MR) is 227 cm³/mol. The van der Waals surface area contributed by atoms with Crippen LogP contribution in [0, 0.1) is 0 Å². The quantitative estimate of drug-likeness (QED) is 0.0201. The molecule has 0 saturated carbocycles. The molecule has 12 nitrogen and oxygen atoms in total. The maximum atomic E-state index is 12.6. The van der Waals surface area contributed by atoms with Gasteiger partial charge in [0.1, 0.15) is 12.6 Å². The number of aliphatic carboxylic acids is 1. The Morgan fingerprint density at radius 1 is 0.614 bits per heavy atom. The summed E-state index contributed by atoms with van der Waals surface area (Å²) >= 11 is 0. The van der Waals surface area contributed by atoms with E-state index in [4.69, 9.17) is 24.8 Å². The van der Waals surface area contributed by atoms with E-state index in [0.717, 1.165) is 70.6 Å². The van der Waals surface area contributed by atoms with E-state index in [-0.39, 0.29) is 18.9 Å². The smallest absolute Gasteiger partial charge is 0.472 e. The van der Waals surface area contributed by atoms with E-state index >= 15 is 0 Å². The van der Waals surface area contributed by atoms with Gasteiger partial charge in [-0.3, -0.25) is 23.4 Å². The maximum absolute atomic E-state index is 12.6. The Bertz CT molecular complexity index is 1300. The number of aliphatic hydroxyl groups excluding tert-OH is 1. The number of carboxylic acids is 1. The van der Waals surface area contributed by atoms with Gasteiger partial charge in [0.25, 0.3) is 0 Å². The fourth-order valence-corrected chi connectivity index (χ4v) is 5.62. The third-order valence-electron chi connectivity index (χ3n) is 8.13. The lowest BCUT2D eigenvalue weighted by atomic mass is 10.1. The lowest BCUT2D eigenvalue weighted by molar-refractivity contribution is -0.161. The molecular formula is C44H72NO11P. The van der Waals surface area contributed by atoms with Crippen molar-refractivity contribution in [1.29, 1.82) is 0 Å². The first-order valence-corrected chi connectivity index (χ1v) is 22.1. The highest BCUT2D eigenvalue weighted by Gasteiger charge is 2.28. The average molecular weight is 822 g/mol. The van der Waals surface area contributed by atoms with Crippen LogP contribution in [0.4, 0.5) is 0 Å². The van der Waals surface area contributed by atoms with E-state index in [0.29, 0.717) is 19.3 Å². The zero-order valence-electron chi connectivity index (χ0n) is 34.5. The maximum Gasteiger partial charge on any atom is 0.472 e. The summed E-state index contributed by atoms with van der Waals surface area (Å²) in [6.07, 6.45) is 43.6. The summed E-state index contributed by atoms with van der Waals surface area (Å²) in [5.74, 6) is -2.54. The van der Waals surface area contributed by atoms with Gasteiger partial charge in [0.15, 0.2) is 6.10 Å². The molecule has 0 fully saturated rings. The summed E-state index contributed by atoms with van der Waals surface area (Å²) in [7, 11) is -4.75. The summed E-state index contributed by atoms with van der Waals surface area (Å²) < 4.78 is 32.5. The molecule has 0 bridgehead atoms. The van der Waals surface area contributed by atoms with Crippen molar-refractivity contribution in [1.82, 2.24) is 0 Å². The largest absolute Gasteiger partial charge is 0.480 e. The highest BCUT2D eigenvalue weighted by atomic mass is 31.2. The van der Waals surface area contributed by atoms with Crippen LogP contribution < -0.4 is 5.73 Å². The van der Waals surface area contributed by atoms with Gasteiger partial charge in [0, 0.05) is 12.8 Å². The van der Waals surface area contributed by atoms with Gasteiger partial charge in [0.2, 0.25) is 0 Å². The van der Waals surface area contributed by atoms with Crippen LogP contribution in [-0.4, -0.2) is 71.1 Å². The summed E-state index contributed by atoms with van der Waals surface area (Å²) in [5, 5.41) is 18.1. The number of carbonyl (C=O) groups is 3. The Balaban J connectivity index is 4.57. The van der Waals surface area contributed by atoms with E-state index in [1.807, 2.05) is 19.1 Å². The Kier molecular flexibility index (Phi) is 35.9. The number of carbonyl (C=O) groups excluding carboxylic acids is 2. The fraction of sp³-hybridized carbons (Fsp3) is 0.614. The normalized spacial score (nSPS) is 15.2. The molecule has 0 aromatic rings. The van der Waals surface area contributed by atoms with Gasteiger partial charge in [-0.05, 0) is 103 Å². The van der Waals surface area contributed by atoms with Gasteiger partial charge in [-0.25, -0.2) is 4.57 Å². The van der Waals surface area contributed by atoms with E-state index < -0.39 is 57.7 Å². The second-order valence-electron chi connectivity index (χ2n) is 13.7. The van der Waals surface area contributed by atoms with Gasteiger partial charge < -0.3 is 30.3 Å². The Labute approximate surface area is 342 Å². The Morgan fingerprint density at radius 3 is 1.54 bits per heavy atom. The number of carboxylic acid groups (broad SMARTS) is 1. The van der Waals surface area contributed by atoms with Crippen LogP contribution in [0.15, 0.2) is 85.1 Å². The molecule has 57 heavy (non-hydrogen) atoms. The lowest BCUT2D eigenvalue weighted by Crippen LogP contribution is -2.34. The van der Waals surface area contributed by atoms with Gasteiger partial charge in [-0.1, -0.05) is 105 Å². The van der Waals surface area contributed by atoms with Gasteiger partial charge in [-0.2, -0.15) is 0 Å². The molecule has 13 heteroatoms. The highest BCUT2D eigenvalue weighted by Crippen LogP contribution is 2.43. The SMILES string of the molecule is CCCCC/C=C\C/C=C\C/C=C\CCCCC(=O)O[C@H](COC(=O)CCC/C=C\C/C=C\C/C=C\C/C=C\CCC[C@@H](C)O)COP(=O)(O)OC[C@H](N)C(=O)O. The molecule has 324 valence electrons. The van der Waals surface area contributed by atoms with E-state index in [9.17, 15) is 28.9 Å². The first-order chi connectivity index (χ1) is 27.5. The minimum Gasteiger partial charge on any atom is -0.480 e. The molecule has 0 radical (unpaired) electrons. The minimum atomic E-state index is -4.75. The number of aliphatic hydroxyl groups is 1. The van der Waals surface area contributed by atoms with Gasteiger partial charge in [-0.15, -0.1) is 0 Å². The lowest BCUT2D eigenvalue weighted by Gasteiger charge is -2.20. The molecule has 0 amide bonds. The molecule has 5 N–H and O–H groups in total. The molecule has 4 atom stereocenters. The number of hydrogen-bond acceptors (Lipinski definition) is 10. The van der Waals surface area contributed by atoms with Crippen LogP contribution in [0.3, 0.4) is 0 Å². The van der Waals surface area contributed by atoms with Crippen molar-refractivity contribution in [2.24, 2.45) is 5.73 Å². The summed E-state index contributed by atoms with van der Waals surface area (Å²) in [5.41, 5.74) is 5.32. The zero-order valence-corrected chi connectivity index (χ0v) is 35.4. The van der Waals surface area contributed by atoms with E-state index in [1.54, 1.807) is 0 Å². The molecule has 0 aliphatic carbocycles. The molecule has 0 aliphatic rings. The summed E-state index contributed by atoms with van der Waals surface area (Å²) in [6, 6.07) is -1.54. The molecule has 1 unspecified atom stereocenters. The van der Waals surface area contributed by atoms with Crippen LogP contribution >= 0.6 is 7.82 Å². The number of hydrogen-bond donors (Lipinski definition) is 4. The van der Waals surface area contributed by atoms with Crippen molar-refractivity contribution >= 4 is 25.7 Å². The molecule has 0 heterocycles. The van der Waals surface area contributed by atoms with Crippen molar-refractivity contribution in [2.45, 2.75) is 154 Å². The topological polar surface area (TPSA) is 192 Å². The third kappa shape index (κ3) is 39.2. The number of rotatable bonds is 37.